The number of oxime groups is 2. The number of ether oxygens (including phenoxy) is 2. The average Bonchev–Trinajstić information content (AvgIpc) is 4.09. The highest BCUT2D eigenvalue weighted by molar-refractivity contribution is 6.02. The summed E-state index contributed by atoms with van der Waals surface area (Å²) in [4.78, 5) is 59.3. The third kappa shape index (κ3) is 6.49. The minimum absolute atomic E-state index is 0.0271. The quantitative estimate of drug-likeness (QED) is 0.118. The van der Waals surface area contributed by atoms with Gasteiger partial charge in [0.1, 0.15) is 23.8 Å². The molecule has 0 radical (unpaired) electrons. The lowest BCUT2D eigenvalue weighted by atomic mass is 9.44. The van der Waals surface area contributed by atoms with Gasteiger partial charge in [0.15, 0.2) is 12.3 Å². The van der Waals surface area contributed by atoms with E-state index in [0.717, 1.165) is 89.7 Å². The zero-order chi connectivity index (χ0) is 45.1. The van der Waals surface area contributed by atoms with Crippen LogP contribution in [0.3, 0.4) is 0 Å². The van der Waals surface area contributed by atoms with Crippen molar-refractivity contribution in [3.8, 4) is 0 Å². The number of nitrogens with zero attached hydrogens (tertiary/aromatic N) is 4. The van der Waals surface area contributed by atoms with E-state index in [1.165, 1.54) is 0 Å². The van der Waals surface area contributed by atoms with Crippen molar-refractivity contribution in [2.45, 2.75) is 167 Å². The highest BCUT2D eigenvalue weighted by Crippen LogP contribution is 2.67. The van der Waals surface area contributed by atoms with Crippen molar-refractivity contribution in [3.05, 3.63) is 12.2 Å². The Morgan fingerprint density at radius 2 is 0.984 bits per heavy atom. The Kier molecular flexibility index (Phi) is 11.3. The summed E-state index contributed by atoms with van der Waals surface area (Å²) in [5, 5.41) is 28.0. The van der Waals surface area contributed by atoms with E-state index in [4.69, 9.17) is 9.47 Å². The normalized spacial score (nSPS) is 50.5. The van der Waals surface area contributed by atoms with Crippen LogP contribution in [0.15, 0.2) is 22.5 Å². The molecule has 352 valence electrons. The van der Waals surface area contributed by atoms with E-state index in [9.17, 15) is 29.6 Å². The van der Waals surface area contributed by atoms with Crippen molar-refractivity contribution in [3.63, 3.8) is 0 Å². The first-order valence-corrected chi connectivity index (χ1v) is 24.9. The van der Waals surface area contributed by atoms with Gasteiger partial charge in [-0.05, 0) is 152 Å². The summed E-state index contributed by atoms with van der Waals surface area (Å²) in [5.41, 5.74) is -2.30. The molecule has 0 amide bonds. The van der Waals surface area contributed by atoms with E-state index >= 15 is 8.78 Å². The zero-order valence-electron chi connectivity index (χ0n) is 38.3. The van der Waals surface area contributed by atoms with Gasteiger partial charge in [-0.2, -0.15) is 0 Å². The molecule has 2 saturated heterocycles. The van der Waals surface area contributed by atoms with Crippen LogP contribution in [0.1, 0.15) is 130 Å². The first-order chi connectivity index (χ1) is 30.6. The van der Waals surface area contributed by atoms with Crippen LogP contribution in [0.25, 0.3) is 0 Å². The molecular weight excluding hydrogens is 823 g/mol. The topological polar surface area (TPSA) is 158 Å². The third-order valence-corrected chi connectivity index (χ3v) is 20.9. The fourth-order valence-corrected chi connectivity index (χ4v) is 17.7. The number of Topliss-reactive ketones (excluding diaryl/α,β-unsaturated/α-hetero) is 2. The van der Waals surface area contributed by atoms with Gasteiger partial charge in [-0.3, -0.25) is 19.4 Å². The van der Waals surface area contributed by atoms with E-state index in [-0.39, 0.29) is 58.5 Å². The van der Waals surface area contributed by atoms with Crippen molar-refractivity contribution in [2.24, 2.45) is 79.3 Å². The second-order valence-corrected chi connectivity index (χ2v) is 23.1. The van der Waals surface area contributed by atoms with Crippen LogP contribution in [0.2, 0.25) is 0 Å². The minimum atomic E-state index is -1.43. The van der Waals surface area contributed by atoms with Crippen LogP contribution < -0.4 is 0 Å². The summed E-state index contributed by atoms with van der Waals surface area (Å²) in [6.45, 7) is 11.4. The molecule has 12 nitrogen and oxygen atoms in total. The number of esters is 2. The Morgan fingerprint density at radius 1 is 0.609 bits per heavy atom. The highest BCUT2D eigenvalue weighted by atomic mass is 19.1. The molecule has 10 fully saturated rings. The van der Waals surface area contributed by atoms with Gasteiger partial charge in [0.05, 0.1) is 11.4 Å². The second kappa shape index (κ2) is 16.2. The van der Waals surface area contributed by atoms with E-state index in [1.54, 1.807) is 0 Å². The SMILES string of the molecule is C[C@]12/C(=N\O)C(F)C(N3CCCC3)CC1C(=O)C[C@@H]1[C@H]2CC[C@]2(C)C(OC(=O)/C=C/C(=O)OC3CC[C@H]4[C@@H]5CC(=O)C6CC(N7CCCC7)C(F)/C(=N/O)[C@]6(C)[C@@H]5CC[C@]34C)CC[C@@H]12. The number of fused-ring (bicyclic) bond motifs is 10. The molecule has 2 heterocycles. The van der Waals surface area contributed by atoms with Crippen LogP contribution in [0, 0.1) is 69.0 Å². The van der Waals surface area contributed by atoms with Crippen molar-refractivity contribution in [1.82, 2.24) is 9.80 Å². The maximum atomic E-state index is 16.4. The largest absolute Gasteiger partial charge is 0.459 e. The first-order valence-electron chi connectivity index (χ1n) is 24.9. The Hall–Kier alpha value is -3.26. The van der Waals surface area contributed by atoms with Crippen molar-refractivity contribution >= 4 is 34.9 Å². The fourth-order valence-electron chi connectivity index (χ4n) is 17.7. The zero-order valence-corrected chi connectivity index (χ0v) is 38.3. The molecule has 0 aromatic carbocycles. The predicted molar refractivity (Wildman–Crippen MR) is 232 cm³/mol. The van der Waals surface area contributed by atoms with Crippen LogP contribution in [0.4, 0.5) is 8.78 Å². The number of ketones is 2. The van der Waals surface area contributed by atoms with Crippen LogP contribution in [0.5, 0.6) is 0 Å². The fraction of sp³-hybridized carbons (Fsp3) is 0.840. The summed E-state index contributed by atoms with van der Waals surface area (Å²) in [6, 6.07) is -0.899. The van der Waals surface area contributed by atoms with Crippen molar-refractivity contribution < 1.29 is 47.8 Å². The molecule has 2 N–H and O–H groups in total. The molecule has 0 aromatic heterocycles. The standard InChI is InChI=1S/C50H70F2N4O8/c1-47-17-15-31-27(23-37(57)33-25-35(55-19-5-6-20-55)43(51)45(53-61)49(31,33)3)29(47)9-11-39(47)63-41(59)13-14-42(60)64-40-12-10-30-28-24-38(58)34-26-36(56-21-7-8-22-56)44(52)46(54-62)50(34,4)32(28)16-18-48(30,40)2/h13-14,27-36,39-40,43-44,61-62H,5-12,15-26H2,1-4H3/b14-13+,53-45-,54-46-/t27-,28-,29-,30-,31+,32+,33?,34?,35?,36?,39?,40?,43?,44?,47-,48-,49+,50+/m0/s1. The van der Waals surface area contributed by atoms with Gasteiger partial charge >= 0.3 is 11.9 Å². The van der Waals surface area contributed by atoms with E-state index in [0.29, 0.717) is 51.4 Å². The number of hydrogen-bond acceptors (Lipinski definition) is 12. The number of carbonyl (C=O) groups excluding carboxylic acids is 4. The summed E-state index contributed by atoms with van der Waals surface area (Å²) < 4.78 is 45.0. The molecule has 18 atom stereocenters. The van der Waals surface area contributed by atoms with Gasteiger partial charge in [-0.25, -0.2) is 18.4 Å². The molecule has 8 saturated carbocycles. The van der Waals surface area contributed by atoms with Gasteiger partial charge < -0.3 is 19.9 Å². The number of hydrogen-bond donors (Lipinski definition) is 2. The summed E-state index contributed by atoms with van der Waals surface area (Å²) in [6.07, 6.45) is 9.92. The van der Waals surface area contributed by atoms with Gasteiger partial charge in [0, 0.05) is 70.6 Å². The summed E-state index contributed by atoms with van der Waals surface area (Å²) in [5.74, 6) is -1.81. The van der Waals surface area contributed by atoms with Crippen molar-refractivity contribution in [1.29, 1.82) is 0 Å². The van der Waals surface area contributed by atoms with E-state index in [2.05, 4.69) is 34.0 Å². The molecule has 0 bridgehead atoms. The lowest BCUT2D eigenvalue weighted by Crippen LogP contribution is -2.65. The molecule has 10 aliphatic rings. The lowest BCUT2D eigenvalue weighted by molar-refractivity contribution is -0.161. The van der Waals surface area contributed by atoms with E-state index in [1.807, 2.05) is 13.8 Å². The lowest BCUT2D eigenvalue weighted by Gasteiger charge is -2.60. The Morgan fingerprint density at radius 3 is 1.34 bits per heavy atom. The predicted octanol–water partition coefficient (Wildman–Crippen LogP) is 7.51. The number of alkyl halides is 2. The molecule has 8 aliphatic carbocycles. The molecule has 0 aromatic rings. The Balaban J connectivity index is 0.772. The number of halogens is 2. The molecule has 2 aliphatic heterocycles. The van der Waals surface area contributed by atoms with E-state index < -0.39 is 82.1 Å². The van der Waals surface area contributed by atoms with Crippen LogP contribution in [-0.2, 0) is 28.7 Å². The first kappa shape index (κ1) is 44.6. The monoisotopic (exact) mass is 893 g/mol. The molecule has 0 spiro atoms. The van der Waals surface area contributed by atoms with Gasteiger partial charge in [-0.1, -0.05) is 38.0 Å². The summed E-state index contributed by atoms with van der Waals surface area (Å²) >= 11 is 0. The molecule has 64 heavy (non-hydrogen) atoms. The van der Waals surface area contributed by atoms with Gasteiger partial charge in [-0.15, -0.1) is 0 Å². The number of likely N-dealkylation sites (tertiary alicyclic amines) is 2. The van der Waals surface area contributed by atoms with Crippen molar-refractivity contribution in [2.75, 3.05) is 26.2 Å². The Labute approximate surface area is 376 Å². The second-order valence-electron chi connectivity index (χ2n) is 23.1. The van der Waals surface area contributed by atoms with Crippen LogP contribution >= 0.6 is 0 Å². The maximum absolute atomic E-state index is 16.4. The average molecular weight is 893 g/mol. The van der Waals surface area contributed by atoms with Gasteiger partial charge in [0.25, 0.3) is 0 Å². The van der Waals surface area contributed by atoms with Gasteiger partial charge in [0.2, 0.25) is 0 Å². The summed E-state index contributed by atoms with van der Waals surface area (Å²) in [7, 11) is 0. The minimum Gasteiger partial charge on any atom is -0.459 e. The molecule has 10 rings (SSSR count). The highest BCUT2D eigenvalue weighted by Gasteiger charge is 2.69. The molecule has 8 unspecified atom stereocenters. The molecule has 14 heteroatoms. The molecular formula is C50H70F2N4O8. The number of rotatable bonds is 6. The number of carbonyl (C=O) groups is 4. The smallest absolute Gasteiger partial charge is 0.331 e. The maximum Gasteiger partial charge on any atom is 0.331 e. The van der Waals surface area contributed by atoms with Crippen LogP contribution in [-0.4, -0.2) is 118 Å². The third-order valence-electron chi connectivity index (χ3n) is 20.9. The Bertz CT molecular complexity index is 1860.